The molecule has 0 N–H and O–H groups in total. The summed E-state index contributed by atoms with van der Waals surface area (Å²) in [4.78, 5) is 0. The van der Waals surface area contributed by atoms with Gasteiger partial charge in [-0.1, -0.05) is 13.3 Å². The average Bonchev–Trinajstić information content (AvgIpc) is 2.26. The van der Waals surface area contributed by atoms with Gasteiger partial charge in [-0.15, -0.1) is 0 Å². The number of hydrogen-bond donors (Lipinski definition) is 0. The summed E-state index contributed by atoms with van der Waals surface area (Å²) in [5, 5.41) is 0. The third-order valence-electron chi connectivity index (χ3n) is 2.96. The van der Waals surface area contributed by atoms with Gasteiger partial charge in [0, 0.05) is 0 Å². The van der Waals surface area contributed by atoms with Crippen LogP contribution in [0.2, 0.25) is 0 Å². The summed E-state index contributed by atoms with van der Waals surface area (Å²) in [6.07, 6.45) is 8.00. The fraction of sp³-hybridized carbons (Fsp3) is 1.00. The van der Waals surface area contributed by atoms with E-state index in [0.29, 0.717) is 12.2 Å². The molecule has 1 heteroatoms. The zero-order valence-electron chi connectivity index (χ0n) is 6.68. The van der Waals surface area contributed by atoms with Crippen molar-refractivity contribution >= 4 is 0 Å². The summed E-state index contributed by atoms with van der Waals surface area (Å²) >= 11 is 0. The number of fused-ring (bicyclic) bond motifs is 2. The maximum Gasteiger partial charge on any atom is 0.0605 e. The molecule has 3 atom stereocenters. The van der Waals surface area contributed by atoms with Gasteiger partial charge in [-0.2, -0.15) is 0 Å². The summed E-state index contributed by atoms with van der Waals surface area (Å²) in [7, 11) is 0. The fourth-order valence-corrected chi connectivity index (χ4v) is 2.43. The standard InChI is InChI=1S/C9H16O/c1-2-9-7-4-3-5-8(6-7)10-9/h7-9H,2-6H2,1H3/t7-,8+,9+/m1/s1. The Labute approximate surface area is 62.8 Å². The Bertz CT molecular complexity index is 122. The predicted molar refractivity (Wildman–Crippen MR) is 40.9 cm³/mol. The van der Waals surface area contributed by atoms with Crippen molar-refractivity contribution in [2.45, 2.75) is 51.2 Å². The second-order valence-electron chi connectivity index (χ2n) is 3.63. The molecule has 0 radical (unpaired) electrons. The van der Waals surface area contributed by atoms with Crippen LogP contribution in [0.3, 0.4) is 0 Å². The first-order valence-corrected chi connectivity index (χ1v) is 4.55. The molecule has 1 aliphatic heterocycles. The molecule has 58 valence electrons. The Kier molecular flexibility index (Phi) is 1.69. The first-order chi connectivity index (χ1) is 4.90. The molecule has 1 aliphatic carbocycles. The van der Waals surface area contributed by atoms with Crippen molar-refractivity contribution in [3.05, 3.63) is 0 Å². The summed E-state index contributed by atoms with van der Waals surface area (Å²) in [6.45, 7) is 2.24. The van der Waals surface area contributed by atoms with Crippen molar-refractivity contribution in [2.75, 3.05) is 0 Å². The highest BCUT2D eigenvalue weighted by atomic mass is 16.5. The van der Waals surface area contributed by atoms with Crippen molar-refractivity contribution in [1.82, 2.24) is 0 Å². The predicted octanol–water partition coefficient (Wildman–Crippen LogP) is 2.35. The van der Waals surface area contributed by atoms with E-state index >= 15 is 0 Å². The summed E-state index contributed by atoms with van der Waals surface area (Å²) < 4.78 is 5.83. The minimum Gasteiger partial charge on any atom is -0.375 e. The maximum atomic E-state index is 5.83. The highest BCUT2D eigenvalue weighted by molar-refractivity contribution is 4.85. The summed E-state index contributed by atoms with van der Waals surface area (Å²) in [5.74, 6) is 0.920. The van der Waals surface area contributed by atoms with Gasteiger partial charge in [-0.05, 0) is 31.6 Å². The number of hydrogen-bond acceptors (Lipinski definition) is 1. The van der Waals surface area contributed by atoms with Crippen molar-refractivity contribution in [3.63, 3.8) is 0 Å². The van der Waals surface area contributed by atoms with Crippen LogP contribution < -0.4 is 0 Å². The molecule has 1 saturated heterocycles. The number of ether oxygens (including phenoxy) is 1. The van der Waals surface area contributed by atoms with Crippen LogP contribution in [-0.2, 0) is 4.74 Å². The second kappa shape index (κ2) is 2.54. The quantitative estimate of drug-likeness (QED) is 0.543. The van der Waals surface area contributed by atoms with Crippen LogP contribution in [0, 0.1) is 5.92 Å². The molecule has 0 aromatic heterocycles. The summed E-state index contributed by atoms with van der Waals surface area (Å²) in [6, 6.07) is 0. The van der Waals surface area contributed by atoms with E-state index < -0.39 is 0 Å². The van der Waals surface area contributed by atoms with E-state index in [9.17, 15) is 0 Å². The Hall–Kier alpha value is -0.0400. The zero-order valence-corrected chi connectivity index (χ0v) is 6.68. The molecule has 2 rings (SSSR count). The van der Waals surface area contributed by atoms with Gasteiger partial charge in [0.2, 0.25) is 0 Å². The highest BCUT2D eigenvalue weighted by Crippen LogP contribution is 2.38. The van der Waals surface area contributed by atoms with Gasteiger partial charge in [0.1, 0.15) is 0 Å². The molecule has 0 aromatic carbocycles. The molecule has 0 amide bonds. The van der Waals surface area contributed by atoms with Crippen molar-refractivity contribution in [3.8, 4) is 0 Å². The Morgan fingerprint density at radius 1 is 1.40 bits per heavy atom. The molecule has 2 bridgehead atoms. The third-order valence-corrected chi connectivity index (χ3v) is 2.96. The van der Waals surface area contributed by atoms with E-state index in [1.54, 1.807) is 0 Å². The van der Waals surface area contributed by atoms with Crippen molar-refractivity contribution in [1.29, 1.82) is 0 Å². The normalized spacial score (nSPS) is 45.9. The molecule has 2 fully saturated rings. The van der Waals surface area contributed by atoms with Crippen LogP contribution >= 0.6 is 0 Å². The fourth-order valence-electron chi connectivity index (χ4n) is 2.43. The largest absolute Gasteiger partial charge is 0.375 e. The van der Waals surface area contributed by atoms with Gasteiger partial charge in [0.25, 0.3) is 0 Å². The van der Waals surface area contributed by atoms with E-state index in [4.69, 9.17) is 4.74 Å². The van der Waals surface area contributed by atoms with E-state index in [1.807, 2.05) is 0 Å². The SMILES string of the molecule is CC[C@@H]1O[C@H]2CCC[C@@H]1C2. The highest BCUT2D eigenvalue weighted by Gasteiger charge is 2.36. The lowest BCUT2D eigenvalue weighted by molar-refractivity contribution is 0.0392. The molecular weight excluding hydrogens is 124 g/mol. The van der Waals surface area contributed by atoms with Crippen molar-refractivity contribution < 1.29 is 4.74 Å². The molecule has 0 unspecified atom stereocenters. The van der Waals surface area contributed by atoms with E-state index in [-0.39, 0.29) is 0 Å². The lowest BCUT2D eigenvalue weighted by Crippen LogP contribution is -2.13. The van der Waals surface area contributed by atoms with Crippen LogP contribution in [0.25, 0.3) is 0 Å². The van der Waals surface area contributed by atoms with Crippen LogP contribution in [0.4, 0.5) is 0 Å². The summed E-state index contributed by atoms with van der Waals surface area (Å²) in [5.41, 5.74) is 0. The van der Waals surface area contributed by atoms with Crippen LogP contribution in [0.5, 0.6) is 0 Å². The molecule has 1 saturated carbocycles. The van der Waals surface area contributed by atoms with Gasteiger partial charge >= 0.3 is 0 Å². The van der Waals surface area contributed by atoms with Gasteiger partial charge in [0.15, 0.2) is 0 Å². The minimum atomic E-state index is 0.618. The van der Waals surface area contributed by atoms with Crippen molar-refractivity contribution in [2.24, 2.45) is 5.92 Å². The first kappa shape index (κ1) is 6.66. The maximum absolute atomic E-state index is 5.83. The van der Waals surface area contributed by atoms with Gasteiger partial charge in [-0.3, -0.25) is 0 Å². The topological polar surface area (TPSA) is 9.23 Å². The molecule has 1 heterocycles. The Morgan fingerprint density at radius 3 is 3.00 bits per heavy atom. The Morgan fingerprint density at radius 2 is 2.30 bits per heavy atom. The molecule has 0 spiro atoms. The monoisotopic (exact) mass is 140 g/mol. The van der Waals surface area contributed by atoms with Crippen LogP contribution in [0.1, 0.15) is 39.0 Å². The zero-order chi connectivity index (χ0) is 6.97. The molecule has 1 nitrogen and oxygen atoms in total. The number of rotatable bonds is 1. The molecule has 2 aliphatic rings. The second-order valence-corrected chi connectivity index (χ2v) is 3.63. The molecular formula is C9H16O. The van der Waals surface area contributed by atoms with Gasteiger partial charge < -0.3 is 4.74 Å². The average molecular weight is 140 g/mol. The lowest BCUT2D eigenvalue weighted by Gasteiger charge is -2.16. The van der Waals surface area contributed by atoms with Crippen LogP contribution in [-0.4, -0.2) is 12.2 Å². The lowest BCUT2D eigenvalue weighted by atomic mass is 9.86. The smallest absolute Gasteiger partial charge is 0.0605 e. The minimum absolute atomic E-state index is 0.618. The van der Waals surface area contributed by atoms with E-state index in [1.165, 1.54) is 32.1 Å². The van der Waals surface area contributed by atoms with Crippen LogP contribution in [0.15, 0.2) is 0 Å². The first-order valence-electron chi connectivity index (χ1n) is 4.55. The molecule has 0 aromatic rings. The van der Waals surface area contributed by atoms with Gasteiger partial charge in [-0.25, -0.2) is 0 Å². The van der Waals surface area contributed by atoms with E-state index in [2.05, 4.69) is 6.92 Å². The Balaban J connectivity index is 2.01. The molecule has 10 heavy (non-hydrogen) atoms. The third kappa shape index (κ3) is 0.968. The van der Waals surface area contributed by atoms with Gasteiger partial charge in [0.05, 0.1) is 12.2 Å². The van der Waals surface area contributed by atoms with E-state index in [0.717, 1.165) is 5.92 Å².